The van der Waals surface area contributed by atoms with Gasteiger partial charge in [0.25, 0.3) is 0 Å². The Morgan fingerprint density at radius 3 is 2.06 bits per heavy atom. The van der Waals surface area contributed by atoms with E-state index in [1.54, 1.807) is 0 Å². The molecule has 1 aromatic rings. The summed E-state index contributed by atoms with van der Waals surface area (Å²) in [5, 5.41) is 0. The Bertz CT molecular complexity index is 350. The quantitative estimate of drug-likeness (QED) is 0.862. The third-order valence-corrected chi connectivity index (χ3v) is 3.31. The minimum atomic E-state index is 0.0370. The van der Waals surface area contributed by atoms with E-state index in [2.05, 4.69) is 46.8 Å². The summed E-state index contributed by atoms with van der Waals surface area (Å²) in [5.41, 5.74) is 7.55. The lowest BCUT2D eigenvalue weighted by molar-refractivity contribution is 0.0621. The topological polar surface area (TPSA) is 35.2 Å². The molecule has 1 rings (SSSR count). The predicted octanol–water partition coefficient (Wildman–Crippen LogP) is 3.78. The van der Waals surface area contributed by atoms with E-state index in [9.17, 15) is 0 Å². The van der Waals surface area contributed by atoms with Crippen molar-refractivity contribution in [2.75, 3.05) is 0 Å². The van der Waals surface area contributed by atoms with Crippen molar-refractivity contribution in [3.63, 3.8) is 0 Å². The van der Waals surface area contributed by atoms with Gasteiger partial charge in [-0.3, -0.25) is 0 Å². The first-order chi connectivity index (χ1) is 8.38. The molecule has 0 aliphatic carbocycles. The monoisotopic (exact) mass is 249 g/mol. The van der Waals surface area contributed by atoms with Crippen LogP contribution in [0.25, 0.3) is 0 Å². The van der Waals surface area contributed by atoms with Crippen LogP contribution < -0.4 is 10.5 Å². The van der Waals surface area contributed by atoms with Gasteiger partial charge >= 0.3 is 0 Å². The van der Waals surface area contributed by atoms with Gasteiger partial charge in [-0.1, -0.05) is 46.8 Å². The number of ether oxygens (including phenoxy) is 1. The summed E-state index contributed by atoms with van der Waals surface area (Å²) in [6, 6.07) is 8.38. The molecule has 2 heteroatoms. The highest BCUT2D eigenvalue weighted by molar-refractivity contribution is 5.27. The smallest absolute Gasteiger partial charge is 0.119 e. The van der Waals surface area contributed by atoms with Gasteiger partial charge < -0.3 is 10.5 Å². The fourth-order valence-corrected chi connectivity index (χ4v) is 2.07. The molecule has 0 spiro atoms. The molecule has 2 atom stereocenters. The molecule has 18 heavy (non-hydrogen) atoms. The number of rotatable bonds is 5. The zero-order chi connectivity index (χ0) is 13.8. The van der Waals surface area contributed by atoms with Gasteiger partial charge in [0, 0.05) is 11.5 Å². The van der Waals surface area contributed by atoms with E-state index in [4.69, 9.17) is 10.5 Å². The summed E-state index contributed by atoms with van der Waals surface area (Å²) in [6.07, 6.45) is 2.02. The van der Waals surface area contributed by atoms with Crippen molar-refractivity contribution in [3.05, 3.63) is 29.8 Å². The maximum atomic E-state index is 6.18. The maximum Gasteiger partial charge on any atom is 0.119 e. The van der Waals surface area contributed by atoms with E-state index in [-0.39, 0.29) is 17.6 Å². The Morgan fingerprint density at radius 1 is 1.11 bits per heavy atom. The fraction of sp³-hybridized carbons (Fsp3) is 0.625. The highest BCUT2D eigenvalue weighted by Gasteiger charge is 2.31. The second-order valence-corrected chi connectivity index (χ2v) is 5.97. The number of benzene rings is 1. The van der Waals surface area contributed by atoms with Crippen molar-refractivity contribution in [1.29, 1.82) is 0 Å². The first kappa shape index (κ1) is 15.0. The molecule has 0 bridgehead atoms. The number of nitrogens with two attached hydrogens (primary N) is 1. The standard InChI is InChI=1S/C16H27NO/c1-6-12-8-10-13(11-9-12)18-15(14(17)7-2)16(3,4)5/h8-11,14-15H,6-7,17H2,1-5H3. The summed E-state index contributed by atoms with van der Waals surface area (Å²) < 4.78 is 6.11. The summed E-state index contributed by atoms with van der Waals surface area (Å²) in [6.45, 7) is 10.8. The molecule has 0 saturated heterocycles. The van der Waals surface area contributed by atoms with Crippen LogP contribution in [0, 0.1) is 5.41 Å². The van der Waals surface area contributed by atoms with Gasteiger partial charge in [0.2, 0.25) is 0 Å². The normalized spacial score (nSPS) is 15.2. The van der Waals surface area contributed by atoms with E-state index in [1.807, 2.05) is 12.1 Å². The van der Waals surface area contributed by atoms with Crippen LogP contribution in [0.1, 0.15) is 46.6 Å². The summed E-state index contributed by atoms with van der Waals surface area (Å²) in [4.78, 5) is 0. The molecule has 0 radical (unpaired) electrons. The van der Waals surface area contributed by atoms with Gasteiger partial charge in [0.05, 0.1) is 0 Å². The zero-order valence-electron chi connectivity index (χ0n) is 12.4. The first-order valence-corrected chi connectivity index (χ1v) is 6.89. The second kappa shape index (κ2) is 6.24. The van der Waals surface area contributed by atoms with Crippen molar-refractivity contribution in [2.24, 2.45) is 11.1 Å². The molecular weight excluding hydrogens is 222 g/mol. The Kier molecular flexibility index (Phi) is 5.21. The van der Waals surface area contributed by atoms with Crippen LogP contribution in [0.3, 0.4) is 0 Å². The lowest BCUT2D eigenvalue weighted by Crippen LogP contribution is -2.47. The average Bonchev–Trinajstić information content (AvgIpc) is 2.34. The molecule has 0 aromatic heterocycles. The van der Waals surface area contributed by atoms with Crippen molar-refractivity contribution >= 4 is 0 Å². The summed E-state index contributed by atoms with van der Waals surface area (Å²) in [7, 11) is 0. The minimum absolute atomic E-state index is 0.0370. The van der Waals surface area contributed by atoms with E-state index in [0.717, 1.165) is 18.6 Å². The van der Waals surface area contributed by atoms with Crippen LogP contribution in [0.4, 0.5) is 0 Å². The lowest BCUT2D eigenvalue weighted by Gasteiger charge is -2.35. The van der Waals surface area contributed by atoms with Gasteiger partial charge in [-0.15, -0.1) is 0 Å². The number of hydrogen-bond donors (Lipinski definition) is 1. The highest BCUT2D eigenvalue weighted by atomic mass is 16.5. The first-order valence-electron chi connectivity index (χ1n) is 6.89. The van der Waals surface area contributed by atoms with Gasteiger partial charge in [-0.25, -0.2) is 0 Å². The van der Waals surface area contributed by atoms with Gasteiger partial charge in [0.15, 0.2) is 0 Å². The van der Waals surface area contributed by atoms with Gasteiger partial charge in [0.1, 0.15) is 11.9 Å². The molecule has 0 fully saturated rings. The Labute approximate surface area is 112 Å². The Morgan fingerprint density at radius 2 is 1.67 bits per heavy atom. The Hall–Kier alpha value is -1.02. The molecule has 1 aromatic carbocycles. The predicted molar refractivity (Wildman–Crippen MR) is 78.0 cm³/mol. The molecule has 0 aliphatic rings. The molecule has 0 amide bonds. The van der Waals surface area contributed by atoms with Crippen LogP contribution >= 0.6 is 0 Å². The van der Waals surface area contributed by atoms with Crippen LogP contribution in [0.2, 0.25) is 0 Å². The van der Waals surface area contributed by atoms with E-state index < -0.39 is 0 Å². The van der Waals surface area contributed by atoms with Crippen LogP contribution in [0.5, 0.6) is 5.75 Å². The molecule has 0 saturated carbocycles. The van der Waals surface area contributed by atoms with Crippen LogP contribution in [0.15, 0.2) is 24.3 Å². The summed E-state index contributed by atoms with van der Waals surface area (Å²) >= 11 is 0. The van der Waals surface area contributed by atoms with E-state index in [0.29, 0.717) is 0 Å². The average molecular weight is 249 g/mol. The van der Waals surface area contributed by atoms with E-state index in [1.165, 1.54) is 5.56 Å². The largest absolute Gasteiger partial charge is 0.488 e. The molecule has 0 heterocycles. The van der Waals surface area contributed by atoms with Crippen molar-refractivity contribution in [2.45, 2.75) is 59.6 Å². The fourth-order valence-electron chi connectivity index (χ4n) is 2.07. The van der Waals surface area contributed by atoms with Crippen LogP contribution in [-0.4, -0.2) is 12.1 Å². The molecule has 102 valence electrons. The molecular formula is C16H27NO. The van der Waals surface area contributed by atoms with Crippen molar-refractivity contribution < 1.29 is 4.74 Å². The van der Waals surface area contributed by atoms with Crippen LogP contribution in [-0.2, 0) is 6.42 Å². The molecule has 2 nitrogen and oxygen atoms in total. The lowest BCUT2D eigenvalue weighted by atomic mass is 9.84. The second-order valence-electron chi connectivity index (χ2n) is 5.97. The third kappa shape index (κ3) is 4.02. The number of hydrogen-bond acceptors (Lipinski definition) is 2. The van der Waals surface area contributed by atoms with E-state index >= 15 is 0 Å². The maximum absolute atomic E-state index is 6.18. The third-order valence-electron chi connectivity index (χ3n) is 3.31. The van der Waals surface area contributed by atoms with Crippen molar-refractivity contribution in [3.8, 4) is 5.75 Å². The van der Waals surface area contributed by atoms with Gasteiger partial charge in [-0.05, 0) is 30.5 Å². The SMILES string of the molecule is CCc1ccc(OC(C(N)CC)C(C)(C)C)cc1. The minimum Gasteiger partial charge on any atom is -0.488 e. The zero-order valence-corrected chi connectivity index (χ0v) is 12.4. The molecule has 2 N–H and O–H groups in total. The Balaban J connectivity index is 2.82. The van der Waals surface area contributed by atoms with Crippen molar-refractivity contribution in [1.82, 2.24) is 0 Å². The highest BCUT2D eigenvalue weighted by Crippen LogP contribution is 2.27. The molecule has 0 aliphatic heterocycles. The number of aryl methyl sites for hydroxylation is 1. The molecule has 2 unspecified atom stereocenters. The summed E-state index contributed by atoms with van der Waals surface area (Å²) in [5.74, 6) is 0.913. The van der Waals surface area contributed by atoms with Gasteiger partial charge in [-0.2, -0.15) is 0 Å².